The van der Waals surface area contributed by atoms with Crippen molar-refractivity contribution in [1.29, 1.82) is 0 Å². The summed E-state index contributed by atoms with van der Waals surface area (Å²) in [5.41, 5.74) is 1.96. The largest absolute Gasteiger partial charge is 0.366 e. The van der Waals surface area contributed by atoms with Gasteiger partial charge in [0.05, 0.1) is 4.90 Å². The second-order valence-electron chi connectivity index (χ2n) is 5.25. The van der Waals surface area contributed by atoms with Crippen molar-refractivity contribution in [3.8, 4) is 0 Å². The van der Waals surface area contributed by atoms with E-state index in [4.69, 9.17) is 0 Å². The van der Waals surface area contributed by atoms with Gasteiger partial charge in [-0.05, 0) is 36.8 Å². The van der Waals surface area contributed by atoms with Crippen molar-refractivity contribution in [2.45, 2.75) is 32.2 Å². The van der Waals surface area contributed by atoms with Crippen LogP contribution in [0.25, 0.3) is 0 Å². The molecule has 0 aliphatic heterocycles. The van der Waals surface area contributed by atoms with Gasteiger partial charge in [0.15, 0.2) is 0 Å². The van der Waals surface area contributed by atoms with Gasteiger partial charge in [-0.3, -0.25) is 0 Å². The fourth-order valence-electron chi connectivity index (χ4n) is 2.33. The Morgan fingerprint density at radius 3 is 2.26 bits per heavy atom. The van der Waals surface area contributed by atoms with Crippen LogP contribution in [0.15, 0.2) is 47.4 Å². The third kappa shape index (κ3) is 4.30. The Morgan fingerprint density at radius 1 is 1.04 bits per heavy atom. The summed E-state index contributed by atoms with van der Waals surface area (Å²) in [6.07, 6.45) is 0. The maximum absolute atomic E-state index is 12.4. The predicted octanol–water partition coefficient (Wildman–Crippen LogP) is 3.03. The lowest BCUT2D eigenvalue weighted by Crippen LogP contribution is -2.30. The molecule has 6 heteroatoms. The summed E-state index contributed by atoms with van der Waals surface area (Å²) in [6, 6.07) is 12.8. The third-order valence-electron chi connectivity index (χ3n) is 3.63. The van der Waals surface area contributed by atoms with Gasteiger partial charge in [-0.2, -0.15) is 4.31 Å². The Hall–Kier alpha value is -1.92. The predicted molar refractivity (Wildman–Crippen MR) is 92.8 cm³/mol. The van der Waals surface area contributed by atoms with Crippen molar-refractivity contribution < 1.29 is 8.42 Å². The molecule has 0 atom stereocenters. The maximum atomic E-state index is 12.4. The van der Waals surface area contributed by atoms with Crippen LogP contribution in [0.5, 0.6) is 0 Å². The van der Waals surface area contributed by atoms with E-state index in [9.17, 15) is 8.42 Å². The van der Waals surface area contributed by atoms with Gasteiger partial charge < -0.3 is 5.32 Å². The normalized spacial score (nSPS) is 11.7. The number of anilines is 1. The first kappa shape index (κ1) is 17.4. The number of hydrogen-bond acceptors (Lipinski definition) is 4. The molecule has 2 aromatic rings. The molecule has 0 bridgehead atoms. The second-order valence-corrected chi connectivity index (χ2v) is 7.19. The van der Waals surface area contributed by atoms with Crippen molar-refractivity contribution in [1.82, 2.24) is 9.29 Å². The summed E-state index contributed by atoms with van der Waals surface area (Å²) in [4.78, 5) is 4.71. The maximum Gasteiger partial charge on any atom is 0.243 e. The van der Waals surface area contributed by atoms with Crippen LogP contribution < -0.4 is 5.32 Å². The van der Waals surface area contributed by atoms with Crippen molar-refractivity contribution >= 4 is 15.8 Å². The molecule has 0 aliphatic carbocycles. The SMILES string of the molecule is CCN(CC)S(=O)(=O)c1ccc(CNc2cccc(C)n2)cc1. The lowest BCUT2D eigenvalue weighted by atomic mass is 10.2. The number of benzene rings is 1. The number of pyridine rings is 1. The minimum absolute atomic E-state index is 0.332. The molecule has 1 aromatic heterocycles. The molecule has 5 nitrogen and oxygen atoms in total. The Kier molecular flexibility index (Phi) is 5.74. The Balaban J connectivity index is 2.08. The van der Waals surface area contributed by atoms with Gasteiger partial charge in [0.2, 0.25) is 10.0 Å². The number of aromatic nitrogens is 1. The van der Waals surface area contributed by atoms with Crippen LogP contribution in [0.2, 0.25) is 0 Å². The molecule has 1 aromatic carbocycles. The van der Waals surface area contributed by atoms with Crippen LogP contribution in [0.3, 0.4) is 0 Å². The topological polar surface area (TPSA) is 62.3 Å². The number of hydrogen-bond donors (Lipinski definition) is 1. The zero-order chi connectivity index (χ0) is 16.9. The summed E-state index contributed by atoms with van der Waals surface area (Å²) >= 11 is 0. The van der Waals surface area contributed by atoms with Crippen molar-refractivity contribution in [3.63, 3.8) is 0 Å². The number of nitrogens with one attached hydrogen (secondary N) is 1. The first-order chi connectivity index (χ1) is 11.0. The van der Waals surface area contributed by atoms with Crippen LogP contribution in [-0.4, -0.2) is 30.8 Å². The van der Waals surface area contributed by atoms with E-state index in [1.807, 2.05) is 51.1 Å². The number of aryl methyl sites for hydroxylation is 1. The molecule has 0 fully saturated rings. The molecule has 0 spiro atoms. The summed E-state index contributed by atoms with van der Waals surface area (Å²) in [5, 5.41) is 3.23. The molecular formula is C17H23N3O2S. The summed E-state index contributed by atoms with van der Waals surface area (Å²) in [5.74, 6) is 0.810. The molecule has 2 rings (SSSR count). The van der Waals surface area contributed by atoms with Gasteiger partial charge in [0.1, 0.15) is 5.82 Å². The molecular weight excluding hydrogens is 310 g/mol. The standard InChI is InChI=1S/C17H23N3O2S/c1-4-20(5-2)23(21,22)16-11-9-15(10-12-16)13-18-17-8-6-7-14(3)19-17/h6-12H,4-5,13H2,1-3H3,(H,18,19). The quantitative estimate of drug-likeness (QED) is 0.846. The second kappa shape index (κ2) is 7.57. The third-order valence-corrected chi connectivity index (χ3v) is 5.69. The molecule has 23 heavy (non-hydrogen) atoms. The van der Waals surface area contributed by atoms with Gasteiger partial charge in [-0.1, -0.05) is 32.0 Å². The van der Waals surface area contributed by atoms with Gasteiger partial charge in [-0.25, -0.2) is 13.4 Å². The van der Waals surface area contributed by atoms with E-state index in [1.165, 1.54) is 4.31 Å². The average Bonchev–Trinajstić information content (AvgIpc) is 2.54. The minimum Gasteiger partial charge on any atom is -0.366 e. The Morgan fingerprint density at radius 2 is 1.70 bits per heavy atom. The average molecular weight is 333 g/mol. The van der Waals surface area contributed by atoms with Crippen LogP contribution >= 0.6 is 0 Å². The highest BCUT2D eigenvalue weighted by Gasteiger charge is 2.20. The molecule has 0 unspecified atom stereocenters. The molecule has 0 saturated heterocycles. The lowest BCUT2D eigenvalue weighted by Gasteiger charge is -2.18. The van der Waals surface area contributed by atoms with Crippen molar-refractivity contribution in [3.05, 3.63) is 53.7 Å². The number of nitrogens with zero attached hydrogens (tertiary/aromatic N) is 2. The number of rotatable bonds is 7. The van der Waals surface area contributed by atoms with E-state index in [1.54, 1.807) is 12.1 Å². The van der Waals surface area contributed by atoms with E-state index in [-0.39, 0.29) is 0 Å². The summed E-state index contributed by atoms with van der Waals surface area (Å²) in [7, 11) is -3.39. The van der Waals surface area contributed by atoms with E-state index >= 15 is 0 Å². The van der Waals surface area contributed by atoms with E-state index in [0.717, 1.165) is 17.1 Å². The highest BCUT2D eigenvalue weighted by atomic mass is 32.2. The van der Waals surface area contributed by atoms with E-state index in [2.05, 4.69) is 10.3 Å². The van der Waals surface area contributed by atoms with E-state index < -0.39 is 10.0 Å². The van der Waals surface area contributed by atoms with Gasteiger partial charge in [0, 0.05) is 25.3 Å². The van der Waals surface area contributed by atoms with Gasteiger partial charge >= 0.3 is 0 Å². The molecule has 0 saturated carbocycles. The Labute approximate surface area is 138 Å². The molecule has 1 N–H and O–H groups in total. The van der Waals surface area contributed by atoms with Gasteiger partial charge in [0.25, 0.3) is 0 Å². The highest BCUT2D eigenvalue weighted by Crippen LogP contribution is 2.16. The van der Waals surface area contributed by atoms with Gasteiger partial charge in [-0.15, -0.1) is 0 Å². The lowest BCUT2D eigenvalue weighted by molar-refractivity contribution is 0.445. The summed E-state index contributed by atoms with van der Waals surface area (Å²) < 4.78 is 26.3. The fraction of sp³-hybridized carbons (Fsp3) is 0.353. The van der Waals surface area contributed by atoms with E-state index in [0.29, 0.717) is 24.5 Å². The van der Waals surface area contributed by atoms with Crippen LogP contribution in [0.1, 0.15) is 25.1 Å². The first-order valence-electron chi connectivity index (χ1n) is 7.74. The fourth-order valence-corrected chi connectivity index (χ4v) is 3.78. The molecule has 124 valence electrons. The molecule has 0 aliphatic rings. The monoisotopic (exact) mass is 333 g/mol. The first-order valence-corrected chi connectivity index (χ1v) is 9.18. The zero-order valence-corrected chi connectivity index (χ0v) is 14.6. The summed E-state index contributed by atoms with van der Waals surface area (Å²) in [6.45, 7) is 7.17. The number of sulfonamides is 1. The highest BCUT2D eigenvalue weighted by molar-refractivity contribution is 7.89. The van der Waals surface area contributed by atoms with Crippen LogP contribution in [0, 0.1) is 6.92 Å². The molecule has 1 heterocycles. The molecule has 0 amide bonds. The zero-order valence-electron chi connectivity index (χ0n) is 13.8. The minimum atomic E-state index is -3.39. The van der Waals surface area contributed by atoms with Crippen LogP contribution in [-0.2, 0) is 16.6 Å². The van der Waals surface area contributed by atoms with Crippen molar-refractivity contribution in [2.24, 2.45) is 0 Å². The smallest absolute Gasteiger partial charge is 0.243 e. The Bertz CT molecular complexity index is 739. The van der Waals surface area contributed by atoms with Crippen LogP contribution in [0.4, 0.5) is 5.82 Å². The molecule has 0 radical (unpaired) electrons. The van der Waals surface area contributed by atoms with Crippen molar-refractivity contribution in [2.75, 3.05) is 18.4 Å².